The number of ether oxygens (including phenoxy) is 2. The minimum Gasteiger partial charge on any atom is -0.480 e. The summed E-state index contributed by atoms with van der Waals surface area (Å²) >= 11 is 0. The van der Waals surface area contributed by atoms with Crippen molar-refractivity contribution in [3.8, 4) is 0 Å². The van der Waals surface area contributed by atoms with Gasteiger partial charge in [0.05, 0.1) is 13.2 Å². The minimum atomic E-state index is -4.72. The summed E-state index contributed by atoms with van der Waals surface area (Å²) in [5, 5.41) is 8.90. The van der Waals surface area contributed by atoms with E-state index in [2.05, 4.69) is 42.7 Å². The molecular weight excluding hydrogens is 769 g/mol. The Bertz CT molecular complexity index is 1100. The molecule has 0 heterocycles. The van der Waals surface area contributed by atoms with E-state index in [0.29, 0.717) is 12.8 Å². The van der Waals surface area contributed by atoms with Crippen molar-refractivity contribution in [3.63, 3.8) is 0 Å². The number of carbonyl (C=O) groups is 3. The quantitative estimate of drug-likeness (QED) is 0.0230. The Kier molecular flexibility index (Phi) is 41.2. The lowest BCUT2D eigenvalue weighted by Crippen LogP contribution is -2.34. The third-order valence-corrected chi connectivity index (χ3v) is 11.4. The van der Waals surface area contributed by atoms with Gasteiger partial charge in [-0.1, -0.05) is 199 Å². The number of esters is 2. The average Bonchev–Trinajstić information content (AvgIpc) is 3.21. The molecule has 0 amide bonds. The van der Waals surface area contributed by atoms with Crippen LogP contribution in [0.25, 0.3) is 0 Å². The molecule has 0 saturated heterocycles. The van der Waals surface area contributed by atoms with Gasteiger partial charge in [0.15, 0.2) is 6.10 Å². The zero-order valence-corrected chi connectivity index (χ0v) is 38.5. The molecule has 1 unspecified atom stereocenters. The Labute approximate surface area is 360 Å². The van der Waals surface area contributed by atoms with E-state index in [0.717, 1.165) is 51.4 Å². The van der Waals surface area contributed by atoms with Crippen LogP contribution in [0.3, 0.4) is 0 Å². The van der Waals surface area contributed by atoms with Crippen molar-refractivity contribution < 1.29 is 47.5 Å². The van der Waals surface area contributed by atoms with Gasteiger partial charge in [0.2, 0.25) is 0 Å². The van der Waals surface area contributed by atoms with Crippen LogP contribution in [0.4, 0.5) is 0 Å². The molecule has 0 fully saturated rings. The maximum Gasteiger partial charge on any atom is 0.472 e. The zero-order valence-electron chi connectivity index (χ0n) is 37.6. The van der Waals surface area contributed by atoms with Gasteiger partial charge in [-0.05, 0) is 38.5 Å². The fourth-order valence-corrected chi connectivity index (χ4v) is 7.45. The van der Waals surface area contributed by atoms with Crippen LogP contribution in [0.15, 0.2) is 24.3 Å². The molecular formula is C47H88NO10P. The van der Waals surface area contributed by atoms with Gasteiger partial charge in [-0.15, -0.1) is 0 Å². The van der Waals surface area contributed by atoms with Gasteiger partial charge in [0.25, 0.3) is 0 Å². The zero-order chi connectivity index (χ0) is 43.5. The predicted octanol–water partition coefficient (Wildman–Crippen LogP) is 13.0. The van der Waals surface area contributed by atoms with E-state index in [1.807, 2.05) is 0 Å². The summed E-state index contributed by atoms with van der Waals surface area (Å²) in [6.07, 6.45) is 45.2. The first-order chi connectivity index (χ1) is 28.6. The predicted molar refractivity (Wildman–Crippen MR) is 240 cm³/mol. The molecule has 0 saturated carbocycles. The number of allylic oxidation sites excluding steroid dienone is 4. The van der Waals surface area contributed by atoms with E-state index >= 15 is 0 Å². The second-order valence-electron chi connectivity index (χ2n) is 16.2. The Hall–Kier alpha value is -2.04. The number of aliphatic carboxylic acids is 1. The smallest absolute Gasteiger partial charge is 0.472 e. The minimum absolute atomic E-state index is 0.159. The Morgan fingerprint density at radius 1 is 0.525 bits per heavy atom. The largest absolute Gasteiger partial charge is 0.480 e. The van der Waals surface area contributed by atoms with Crippen LogP contribution in [0.5, 0.6) is 0 Å². The Balaban J connectivity index is 4.28. The molecule has 0 aromatic carbocycles. The topological polar surface area (TPSA) is 172 Å². The maximum absolute atomic E-state index is 12.7. The Morgan fingerprint density at radius 2 is 0.915 bits per heavy atom. The molecule has 0 aromatic rings. The van der Waals surface area contributed by atoms with Crippen LogP contribution < -0.4 is 5.73 Å². The lowest BCUT2D eigenvalue weighted by atomic mass is 10.0. The second-order valence-corrected chi connectivity index (χ2v) is 17.7. The first-order valence-corrected chi connectivity index (χ1v) is 25.4. The summed E-state index contributed by atoms with van der Waals surface area (Å²) in [7, 11) is -4.72. The molecule has 346 valence electrons. The molecule has 0 aliphatic rings. The molecule has 0 aliphatic carbocycles. The molecule has 4 N–H and O–H groups in total. The van der Waals surface area contributed by atoms with E-state index in [4.69, 9.17) is 24.8 Å². The van der Waals surface area contributed by atoms with Crippen molar-refractivity contribution in [3.05, 3.63) is 24.3 Å². The van der Waals surface area contributed by atoms with Crippen LogP contribution in [0.2, 0.25) is 0 Å². The summed E-state index contributed by atoms with van der Waals surface area (Å²) in [5.41, 5.74) is 5.34. The van der Waals surface area contributed by atoms with Crippen LogP contribution in [-0.4, -0.2) is 59.9 Å². The number of hydrogen-bond acceptors (Lipinski definition) is 9. The molecule has 0 aromatic heterocycles. The van der Waals surface area contributed by atoms with Crippen molar-refractivity contribution in [2.45, 2.75) is 238 Å². The second kappa shape index (κ2) is 42.6. The van der Waals surface area contributed by atoms with Crippen molar-refractivity contribution in [2.75, 3.05) is 19.8 Å². The first-order valence-electron chi connectivity index (χ1n) is 23.9. The lowest BCUT2D eigenvalue weighted by molar-refractivity contribution is -0.161. The standard InChI is InChI=1S/C47H88NO10P/c1-3-5-7-9-11-13-15-17-19-21-23-25-27-29-31-33-35-37-39-46(50)58-43(41-56-59(53,54)57-42-44(48)47(51)52)40-55-45(49)38-36-34-32-30-28-26-24-22-20-18-16-14-12-10-8-6-4-2/h9,11,15,17,43-44H,3-8,10,12-14,16,18-42,48H2,1-2H3,(H,51,52)(H,53,54)/b11-9-,17-15-/t43-,44+/m1/s1. The lowest BCUT2D eigenvalue weighted by Gasteiger charge is -2.20. The van der Waals surface area contributed by atoms with E-state index in [1.165, 1.54) is 135 Å². The van der Waals surface area contributed by atoms with E-state index in [9.17, 15) is 23.8 Å². The summed E-state index contributed by atoms with van der Waals surface area (Å²) in [4.78, 5) is 46.1. The van der Waals surface area contributed by atoms with Gasteiger partial charge < -0.3 is 25.2 Å². The monoisotopic (exact) mass is 858 g/mol. The van der Waals surface area contributed by atoms with Crippen LogP contribution in [-0.2, 0) is 37.5 Å². The molecule has 59 heavy (non-hydrogen) atoms. The van der Waals surface area contributed by atoms with E-state index in [1.54, 1.807) is 0 Å². The maximum atomic E-state index is 12.7. The highest BCUT2D eigenvalue weighted by Crippen LogP contribution is 2.43. The van der Waals surface area contributed by atoms with Crippen LogP contribution in [0.1, 0.15) is 226 Å². The summed E-state index contributed by atoms with van der Waals surface area (Å²) in [6, 6.07) is -1.52. The number of carbonyl (C=O) groups excluding carboxylic acids is 2. The fraction of sp³-hybridized carbons (Fsp3) is 0.851. The molecule has 0 aliphatic heterocycles. The number of phosphoric ester groups is 1. The van der Waals surface area contributed by atoms with Gasteiger partial charge in [-0.2, -0.15) is 0 Å². The van der Waals surface area contributed by atoms with Crippen LogP contribution in [0, 0.1) is 0 Å². The van der Waals surface area contributed by atoms with Gasteiger partial charge >= 0.3 is 25.7 Å². The third-order valence-electron chi connectivity index (χ3n) is 10.5. The summed E-state index contributed by atoms with van der Waals surface area (Å²) in [5.74, 6) is -2.37. The average molecular weight is 858 g/mol. The summed E-state index contributed by atoms with van der Waals surface area (Å²) < 4.78 is 32.8. The van der Waals surface area contributed by atoms with Crippen LogP contribution >= 0.6 is 7.82 Å². The normalized spacial score (nSPS) is 13.8. The number of rotatable bonds is 45. The van der Waals surface area contributed by atoms with Gasteiger partial charge in [-0.25, -0.2) is 4.57 Å². The number of unbranched alkanes of at least 4 members (excludes halogenated alkanes) is 27. The van der Waals surface area contributed by atoms with Gasteiger partial charge in [0.1, 0.15) is 12.6 Å². The number of carboxylic acid groups (broad SMARTS) is 1. The molecule has 0 bridgehead atoms. The molecule has 11 nitrogen and oxygen atoms in total. The van der Waals surface area contributed by atoms with Gasteiger partial charge in [0, 0.05) is 12.8 Å². The first kappa shape index (κ1) is 57.0. The molecule has 0 rings (SSSR count). The SMILES string of the molecule is CCCC/C=C\C/C=C\CCCCCCCCCCCC(=O)O[C@H](COC(=O)CCCCCCCCCCCCCCCCCCC)COP(=O)(O)OC[C@H](N)C(=O)O. The highest BCUT2D eigenvalue weighted by atomic mass is 31.2. The number of phosphoric acid groups is 1. The Morgan fingerprint density at radius 3 is 1.37 bits per heavy atom. The number of hydrogen-bond donors (Lipinski definition) is 3. The molecule has 0 spiro atoms. The fourth-order valence-electron chi connectivity index (χ4n) is 6.67. The molecule has 3 atom stereocenters. The van der Waals surface area contributed by atoms with Gasteiger partial charge in [-0.3, -0.25) is 23.4 Å². The van der Waals surface area contributed by atoms with E-state index < -0.39 is 51.1 Å². The highest BCUT2D eigenvalue weighted by Gasteiger charge is 2.28. The number of carboxylic acids is 1. The van der Waals surface area contributed by atoms with Crippen molar-refractivity contribution in [1.29, 1.82) is 0 Å². The van der Waals surface area contributed by atoms with Crippen molar-refractivity contribution in [1.82, 2.24) is 0 Å². The summed E-state index contributed by atoms with van der Waals surface area (Å²) in [6.45, 7) is 2.80. The number of nitrogens with two attached hydrogens (primary N) is 1. The van der Waals surface area contributed by atoms with E-state index in [-0.39, 0.29) is 19.4 Å². The third kappa shape index (κ3) is 42.4. The van der Waals surface area contributed by atoms with Crippen molar-refractivity contribution in [2.24, 2.45) is 5.73 Å². The van der Waals surface area contributed by atoms with Crippen molar-refractivity contribution >= 4 is 25.7 Å². The molecule has 12 heteroatoms. The highest BCUT2D eigenvalue weighted by molar-refractivity contribution is 7.47. The molecule has 0 radical (unpaired) electrons.